The second-order valence-electron chi connectivity index (χ2n) is 6.65. The fourth-order valence-electron chi connectivity index (χ4n) is 2.98. The van der Waals surface area contributed by atoms with Gasteiger partial charge in [0.15, 0.2) is 15.0 Å². The van der Waals surface area contributed by atoms with E-state index in [0.717, 1.165) is 10.3 Å². The molecule has 152 valence electrons. The molecular formula is C22H17ClN2O3S2. The van der Waals surface area contributed by atoms with Gasteiger partial charge in [-0.2, -0.15) is 0 Å². The molecule has 0 unspecified atom stereocenters. The van der Waals surface area contributed by atoms with Crippen LogP contribution in [0.5, 0.6) is 0 Å². The molecule has 0 radical (unpaired) electrons. The Labute approximate surface area is 183 Å². The van der Waals surface area contributed by atoms with Crippen LogP contribution >= 0.6 is 22.9 Å². The number of rotatable bonds is 6. The average molecular weight is 457 g/mol. The lowest BCUT2D eigenvalue weighted by Gasteiger charge is -2.20. The maximum absolute atomic E-state index is 13.2. The molecule has 0 aliphatic heterocycles. The number of aromatic nitrogens is 1. The van der Waals surface area contributed by atoms with E-state index in [1.54, 1.807) is 36.4 Å². The standard InChI is InChI=1S/C22H17ClN2O3S2/c23-17-11-12-19-20(13-17)29-22(24-19)25(14-16-7-3-1-4-8-16)21(26)15-30(27,28)18-9-5-2-6-10-18/h1-13H,14-15H2. The first-order valence-corrected chi connectivity index (χ1v) is 12.0. The summed E-state index contributed by atoms with van der Waals surface area (Å²) in [4.78, 5) is 19.3. The van der Waals surface area contributed by atoms with Crippen molar-refractivity contribution < 1.29 is 13.2 Å². The predicted octanol–water partition coefficient (Wildman–Crippen LogP) is 4.96. The lowest BCUT2D eigenvalue weighted by molar-refractivity contribution is -0.116. The number of carbonyl (C=O) groups is 1. The minimum absolute atomic E-state index is 0.120. The number of thiazole rings is 1. The minimum atomic E-state index is -3.78. The van der Waals surface area contributed by atoms with E-state index >= 15 is 0 Å². The molecule has 3 aromatic carbocycles. The molecule has 0 spiro atoms. The minimum Gasteiger partial charge on any atom is -0.283 e. The van der Waals surface area contributed by atoms with Crippen molar-refractivity contribution in [2.24, 2.45) is 0 Å². The number of amides is 1. The van der Waals surface area contributed by atoms with Gasteiger partial charge in [-0.05, 0) is 35.9 Å². The molecule has 0 fully saturated rings. The van der Waals surface area contributed by atoms with Gasteiger partial charge >= 0.3 is 0 Å². The molecule has 8 heteroatoms. The molecule has 4 aromatic rings. The number of halogens is 1. The van der Waals surface area contributed by atoms with Gasteiger partial charge < -0.3 is 0 Å². The molecule has 5 nitrogen and oxygen atoms in total. The molecule has 1 aromatic heterocycles. The van der Waals surface area contributed by atoms with Gasteiger partial charge in [-0.1, -0.05) is 71.5 Å². The Morgan fingerprint density at radius 2 is 1.63 bits per heavy atom. The van der Waals surface area contributed by atoms with Crippen LogP contribution in [0.1, 0.15) is 5.56 Å². The molecule has 0 saturated carbocycles. The SMILES string of the molecule is O=C(CS(=O)(=O)c1ccccc1)N(Cc1ccccc1)c1nc2ccc(Cl)cc2s1. The first-order chi connectivity index (χ1) is 14.4. The number of sulfone groups is 1. The summed E-state index contributed by atoms with van der Waals surface area (Å²) in [6.07, 6.45) is 0. The summed E-state index contributed by atoms with van der Waals surface area (Å²) in [5, 5.41) is 1.01. The molecule has 0 N–H and O–H groups in total. The van der Waals surface area contributed by atoms with Gasteiger partial charge in [-0.25, -0.2) is 13.4 Å². The Balaban J connectivity index is 1.70. The Kier molecular flexibility index (Phi) is 5.85. The Morgan fingerprint density at radius 1 is 0.967 bits per heavy atom. The van der Waals surface area contributed by atoms with Gasteiger partial charge in [0.25, 0.3) is 0 Å². The Bertz CT molecular complexity index is 1290. The number of nitrogens with zero attached hydrogens (tertiary/aromatic N) is 2. The largest absolute Gasteiger partial charge is 0.283 e. The molecule has 30 heavy (non-hydrogen) atoms. The van der Waals surface area contributed by atoms with Crippen molar-refractivity contribution in [1.82, 2.24) is 4.98 Å². The smallest absolute Gasteiger partial charge is 0.244 e. The topological polar surface area (TPSA) is 67.3 Å². The van der Waals surface area contributed by atoms with Crippen molar-refractivity contribution in [3.63, 3.8) is 0 Å². The van der Waals surface area contributed by atoms with Crippen LogP contribution < -0.4 is 4.90 Å². The van der Waals surface area contributed by atoms with Crippen molar-refractivity contribution >= 4 is 54.0 Å². The van der Waals surface area contributed by atoms with Crippen LogP contribution in [0.4, 0.5) is 5.13 Å². The molecule has 0 aliphatic rings. The van der Waals surface area contributed by atoms with Gasteiger partial charge in [-0.3, -0.25) is 9.69 Å². The fourth-order valence-corrected chi connectivity index (χ4v) is 5.46. The van der Waals surface area contributed by atoms with Crippen molar-refractivity contribution in [1.29, 1.82) is 0 Å². The van der Waals surface area contributed by atoms with Crippen LogP contribution in [-0.4, -0.2) is 25.1 Å². The zero-order chi connectivity index (χ0) is 21.1. The number of hydrogen-bond acceptors (Lipinski definition) is 5. The van der Waals surface area contributed by atoms with Gasteiger partial charge in [0.2, 0.25) is 5.91 Å². The molecule has 0 atom stereocenters. The monoisotopic (exact) mass is 456 g/mol. The maximum atomic E-state index is 13.2. The highest BCUT2D eigenvalue weighted by molar-refractivity contribution is 7.92. The molecular weight excluding hydrogens is 440 g/mol. The summed E-state index contributed by atoms with van der Waals surface area (Å²) >= 11 is 7.38. The second kappa shape index (κ2) is 8.55. The Hall–Kier alpha value is -2.74. The zero-order valence-corrected chi connectivity index (χ0v) is 18.1. The third-order valence-corrected chi connectivity index (χ3v) is 7.36. The summed E-state index contributed by atoms with van der Waals surface area (Å²) < 4.78 is 26.4. The summed E-state index contributed by atoms with van der Waals surface area (Å²) in [5.74, 6) is -1.17. The van der Waals surface area contributed by atoms with E-state index < -0.39 is 21.5 Å². The van der Waals surface area contributed by atoms with Gasteiger partial charge in [-0.15, -0.1) is 0 Å². The molecule has 0 bridgehead atoms. The van der Waals surface area contributed by atoms with E-state index in [0.29, 0.717) is 15.7 Å². The van der Waals surface area contributed by atoms with Crippen LogP contribution in [-0.2, 0) is 21.2 Å². The number of fused-ring (bicyclic) bond motifs is 1. The van der Waals surface area contributed by atoms with Crippen molar-refractivity contribution in [3.8, 4) is 0 Å². The van der Waals surface area contributed by atoms with Crippen LogP contribution in [0.2, 0.25) is 5.02 Å². The first-order valence-electron chi connectivity index (χ1n) is 9.10. The Morgan fingerprint density at radius 3 is 2.33 bits per heavy atom. The van der Waals surface area contributed by atoms with Crippen molar-refractivity contribution in [3.05, 3.63) is 89.4 Å². The van der Waals surface area contributed by atoms with Crippen LogP contribution in [0.25, 0.3) is 10.2 Å². The van der Waals surface area contributed by atoms with Crippen LogP contribution in [0.3, 0.4) is 0 Å². The van der Waals surface area contributed by atoms with Gasteiger partial charge in [0, 0.05) is 5.02 Å². The highest BCUT2D eigenvalue weighted by Crippen LogP contribution is 2.32. The second-order valence-corrected chi connectivity index (χ2v) is 10.1. The fraction of sp³-hybridized carbons (Fsp3) is 0.0909. The predicted molar refractivity (Wildman–Crippen MR) is 121 cm³/mol. The van der Waals surface area contributed by atoms with E-state index in [4.69, 9.17) is 11.6 Å². The lowest BCUT2D eigenvalue weighted by Crippen LogP contribution is -2.35. The number of carbonyl (C=O) groups excluding carboxylic acids is 1. The molecule has 0 aliphatic carbocycles. The van der Waals surface area contributed by atoms with E-state index in [9.17, 15) is 13.2 Å². The summed E-state index contributed by atoms with van der Waals surface area (Å²) in [6.45, 7) is 0.220. The summed E-state index contributed by atoms with van der Waals surface area (Å²) in [7, 11) is -3.78. The van der Waals surface area contributed by atoms with Gasteiger partial charge in [0.1, 0.15) is 5.75 Å². The van der Waals surface area contributed by atoms with Crippen molar-refractivity contribution in [2.45, 2.75) is 11.4 Å². The first kappa shape index (κ1) is 20.5. The molecule has 4 rings (SSSR count). The molecule has 1 heterocycles. The summed E-state index contributed by atoms with van der Waals surface area (Å²) in [6, 6.07) is 22.7. The normalized spacial score (nSPS) is 11.5. The number of hydrogen-bond donors (Lipinski definition) is 0. The maximum Gasteiger partial charge on any atom is 0.244 e. The van der Waals surface area contributed by atoms with E-state index in [2.05, 4.69) is 4.98 Å². The van der Waals surface area contributed by atoms with Gasteiger partial charge in [0.05, 0.1) is 21.7 Å². The number of benzene rings is 3. The van der Waals surface area contributed by atoms with E-state index in [-0.39, 0.29) is 11.4 Å². The lowest BCUT2D eigenvalue weighted by atomic mass is 10.2. The third-order valence-electron chi connectivity index (χ3n) is 4.47. The highest BCUT2D eigenvalue weighted by atomic mass is 35.5. The van der Waals surface area contributed by atoms with Crippen LogP contribution in [0, 0.1) is 0 Å². The quantitative estimate of drug-likeness (QED) is 0.411. The average Bonchev–Trinajstić information content (AvgIpc) is 3.15. The van der Waals surface area contributed by atoms with Crippen molar-refractivity contribution in [2.75, 3.05) is 10.7 Å². The van der Waals surface area contributed by atoms with Crippen LogP contribution in [0.15, 0.2) is 83.8 Å². The third kappa shape index (κ3) is 4.53. The molecule has 1 amide bonds. The number of anilines is 1. The van der Waals surface area contributed by atoms with E-state index in [1.165, 1.54) is 28.4 Å². The van der Waals surface area contributed by atoms with E-state index in [1.807, 2.05) is 30.3 Å². The molecule has 0 saturated heterocycles. The zero-order valence-electron chi connectivity index (χ0n) is 15.7. The summed E-state index contributed by atoms with van der Waals surface area (Å²) in [5.41, 5.74) is 1.58. The highest BCUT2D eigenvalue weighted by Gasteiger charge is 2.26.